The first-order valence-electron chi connectivity index (χ1n) is 5.93. The number of thioether (sulfide) groups is 1. The molecule has 3 N–H and O–H groups in total. The Balaban J connectivity index is 2.09. The maximum Gasteiger partial charge on any atom is 0.257 e. The molecule has 0 saturated heterocycles. The van der Waals surface area contributed by atoms with Crippen molar-refractivity contribution in [1.82, 2.24) is 24.7 Å². The monoisotopic (exact) mass is 279 g/mol. The fourth-order valence-electron chi connectivity index (χ4n) is 1.56. The van der Waals surface area contributed by atoms with E-state index < -0.39 is 0 Å². The zero-order chi connectivity index (χ0) is 13.7. The van der Waals surface area contributed by atoms with Crippen molar-refractivity contribution >= 4 is 23.7 Å². The number of nitrogens with one attached hydrogen (secondary N) is 1. The van der Waals surface area contributed by atoms with Gasteiger partial charge < -0.3 is 11.1 Å². The number of nitrogens with zero attached hydrogens (tertiary/aromatic N) is 5. The largest absolute Gasteiger partial charge is 0.368 e. The van der Waals surface area contributed by atoms with E-state index in [2.05, 4.69) is 38.5 Å². The summed E-state index contributed by atoms with van der Waals surface area (Å²) in [6.07, 6.45) is 5.51. The second-order valence-corrected chi connectivity index (χ2v) is 5.12. The minimum absolute atomic E-state index is 0.181. The Morgan fingerprint density at radius 2 is 2.26 bits per heavy atom. The van der Waals surface area contributed by atoms with Gasteiger partial charge in [0.05, 0.1) is 0 Å². The van der Waals surface area contributed by atoms with Gasteiger partial charge in [-0.1, -0.05) is 6.92 Å². The van der Waals surface area contributed by atoms with Gasteiger partial charge in [-0.2, -0.15) is 31.8 Å². The third kappa shape index (κ3) is 3.82. The quantitative estimate of drug-likeness (QED) is 0.816. The molecule has 0 bridgehead atoms. The Hall–Kier alpha value is -1.83. The second kappa shape index (κ2) is 6.37. The molecule has 2 aromatic rings. The minimum atomic E-state index is 0.181. The van der Waals surface area contributed by atoms with E-state index in [9.17, 15) is 0 Å². The van der Waals surface area contributed by atoms with Crippen molar-refractivity contribution in [3.8, 4) is 5.95 Å². The lowest BCUT2D eigenvalue weighted by Crippen LogP contribution is -2.17. The molecule has 0 radical (unpaired) electrons. The molecule has 2 rings (SSSR count). The standard InChI is InChI=1S/C11H17N7S/c1-8(7-19-2)6-13-10-15-9(12)16-11(17-10)18-5-3-4-14-18/h3-5,8H,6-7H2,1-2H3,(H3,12,13,15,16,17). The van der Waals surface area contributed by atoms with E-state index in [-0.39, 0.29) is 5.95 Å². The lowest BCUT2D eigenvalue weighted by Gasteiger charge is -2.11. The van der Waals surface area contributed by atoms with Gasteiger partial charge in [-0.15, -0.1) is 0 Å². The third-order valence-corrected chi connectivity index (χ3v) is 3.31. The molecule has 1 atom stereocenters. The van der Waals surface area contributed by atoms with Crippen LogP contribution in [0.3, 0.4) is 0 Å². The molecule has 0 aromatic carbocycles. The Labute approximate surface area is 116 Å². The number of aromatic nitrogens is 5. The molecule has 7 nitrogen and oxygen atoms in total. The number of hydrogen-bond donors (Lipinski definition) is 2. The van der Waals surface area contributed by atoms with Gasteiger partial charge in [-0.3, -0.25) is 0 Å². The van der Waals surface area contributed by atoms with Crippen LogP contribution in [0.2, 0.25) is 0 Å². The molecule has 8 heteroatoms. The molecule has 0 spiro atoms. The summed E-state index contributed by atoms with van der Waals surface area (Å²) in [5.41, 5.74) is 5.68. The first kappa shape index (κ1) is 13.6. The van der Waals surface area contributed by atoms with Crippen molar-refractivity contribution in [3.63, 3.8) is 0 Å². The van der Waals surface area contributed by atoms with Gasteiger partial charge in [0.15, 0.2) is 0 Å². The van der Waals surface area contributed by atoms with Crippen molar-refractivity contribution in [3.05, 3.63) is 18.5 Å². The van der Waals surface area contributed by atoms with Crippen LogP contribution in [0.4, 0.5) is 11.9 Å². The highest BCUT2D eigenvalue weighted by Gasteiger charge is 2.07. The van der Waals surface area contributed by atoms with Crippen LogP contribution in [-0.4, -0.2) is 43.3 Å². The van der Waals surface area contributed by atoms with Crippen LogP contribution in [0, 0.1) is 5.92 Å². The van der Waals surface area contributed by atoms with Crippen LogP contribution in [-0.2, 0) is 0 Å². The molecule has 0 fully saturated rings. The number of rotatable bonds is 6. The molecule has 2 aromatic heterocycles. The van der Waals surface area contributed by atoms with E-state index in [4.69, 9.17) is 5.73 Å². The van der Waals surface area contributed by atoms with Crippen LogP contribution in [0.5, 0.6) is 0 Å². The van der Waals surface area contributed by atoms with Crippen LogP contribution >= 0.6 is 11.8 Å². The van der Waals surface area contributed by atoms with Gasteiger partial charge in [0.1, 0.15) is 0 Å². The maximum absolute atomic E-state index is 5.68. The molecule has 0 amide bonds. The van der Waals surface area contributed by atoms with Crippen molar-refractivity contribution in [2.45, 2.75) is 6.92 Å². The Morgan fingerprint density at radius 1 is 1.42 bits per heavy atom. The zero-order valence-electron chi connectivity index (χ0n) is 10.9. The van der Waals surface area contributed by atoms with E-state index in [1.54, 1.807) is 23.1 Å². The predicted octanol–water partition coefficient (Wildman–Crippen LogP) is 1.05. The van der Waals surface area contributed by atoms with Crippen LogP contribution in [0.1, 0.15) is 6.92 Å². The molecule has 0 saturated carbocycles. The van der Waals surface area contributed by atoms with E-state index in [0.29, 0.717) is 17.8 Å². The number of anilines is 2. The van der Waals surface area contributed by atoms with Crippen LogP contribution in [0.15, 0.2) is 18.5 Å². The van der Waals surface area contributed by atoms with Crippen molar-refractivity contribution in [2.24, 2.45) is 5.92 Å². The molecule has 1 unspecified atom stereocenters. The average molecular weight is 279 g/mol. The third-order valence-electron chi connectivity index (χ3n) is 2.41. The Kier molecular flexibility index (Phi) is 4.56. The number of nitrogens with two attached hydrogens (primary N) is 1. The molecule has 0 aliphatic rings. The molecular formula is C11H17N7S. The summed E-state index contributed by atoms with van der Waals surface area (Å²) in [6.45, 7) is 2.96. The Morgan fingerprint density at radius 3 is 2.95 bits per heavy atom. The van der Waals surface area contributed by atoms with Gasteiger partial charge >= 0.3 is 0 Å². The normalized spacial score (nSPS) is 12.3. The van der Waals surface area contributed by atoms with Gasteiger partial charge in [-0.05, 0) is 24.0 Å². The summed E-state index contributed by atoms with van der Waals surface area (Å²) in [7, 11) is 0. The van der Waals surface area contributed by atoms with E-state index >= 15 is 0 Å². The van der Waals surface area contributed by atoms with Crippen molar-refractivity contribution in [2.75, 3.05) is 29.6 Å². The summed E-state index contributed by atoms with van der Waals surface area (Å²) >= 11 is 1.82. The first-order chi connectivity index (χ1) is 9.19. The summed E-state index contributed by atoms with van der Waals surface area (Å²) in [6, 6.07) is 1.80. The van der Waals surface area contributed by atoms with E-state index in [0.717, 1.165) is 12.3 Å². The van der Waals surface area contributed by atoms with Gasteiger partial charge in [0.25, 0.3) is 5.95 Å². The molecule has 102 valence electrons. The van der Waals surface area contributed by atoms with Crippen molar-refractivity contribution in [1.29, 1.82) is 0 Å². The van der Waals surface area contributed by atoms with E-state index in [1.165, 1.54) is 0 Å². The topological polar surface area (TPSA) is 94.5 Å². The van der Waals surface area contributed by atoms with Crippen molar-refractivity contribution < 1.29 is 0 Å². The summed E-state index contributed by atoms with van der Waals surface area (Å²) < 4.78 is 1.55. The molecule has 0 aliphatic heterocycles. The minimum Gasteiger partial charge on any atom is -0.368 e. The lowest BCUT2D eigenvalue weighted by atomic mass is 10.2. The fourth-order valence-corrected chi connectivity index (χ4v) is 2.25. The van der Waals surface area contributed by atoms with Gasteiger partial charge in [0.2, 0.25) is 11.9 Å². The first-order valence-corrected chi connectivity index (χ1v) is 7.33. The highest BCUT2D eigenvalue weighted by atomic mass is 32.2. The molecule has 0 aliphatic carbocycles. The fraction of sp³-hybridized carbons (Fsp3) is 0.455. The maximum atomic E-state index is 5.68. The smallest absolute Gasteiger partial charge is 0.257 e. The summed E-state index contributed by atoms with van der Waals surface area (Å²) in [4.78, 5) is 12.4. The van der Waals surface area contributed by atoms with Gasteiger partial charge in [0, 0.05) is 18.9 Å². The Bertz CT molecular complexity index is 514. The van der Waals surface area contributed by atoms with E-state index in [1.807, 2.05) is 11.8 Å². The predicted molar refractivity (Wildman–Crippen MR) is 77.4 cm³/mol. The van der Waals surface area contributed by atoms with Gasteiger partial charge in [-0.25, -0.2) is 4.68 Å². The lowest BCUT2D eigenvalue weighted by molar-refractivity contribution is 0.694. The van der Waals surface area contributed by atoms with Crippen LogP contribution in [0.25, 0.3) is 5.95 Å². The SMILES string of the molecule is CSCC(C)CNc1nc(N)nc(-n2cccn2)n1. The molecular weight excluding hydrogens is 262 g/mol. The zero-order valence-corrected chi connectivity index (χ0v) is 11.8. The second-order valence-electron chi connectivity index (χ2n) is 4.21. The molecule has 19 heavy (non-hydrogen) atoms. The van der Waals surface area contributed by atoms with Crippen LogP contribution < -0.4 is 11.1 Å². The summed E-state index contributed by atoms with van der Waals surface area (Å²) in [5, 5.41) is 7.25. The summed E-state index contributed by atoms with van der Waals surface area (Å²) in [5.74, 6) is 2.68. The number of hydrogen-bond acceptors (Lipinski definition) is 7. The highest BCUT2D eigenvalue weighted by Crippen LogP contribution is 2.09. The molecule has 2 heterocycles. The highest BCUT2D eigenvalue weighted by molar-refractivity contribution is 7.98. The average Bonchev–Trinajstić information content (AvgIpc) is 2.90. The number of nitrogen functional groups attached to an aromatic ring is 1.